The number of rotatable bonds is 9. The van der Waals surface area contributed by atoms with E-state index in [1.165, 1.54) is 24.4 Å². The Kier molecular flexibility index (Phi) is 8.16. The molecule has 0 aliphatic carbocycles. The van der Waals surface area contributed by atoms with Gasteiger partial charge in [0, 0.05) is 34.3 Å². The van der Waals surface area contributed by atoms with Crippen molar-refractivity contribution in [2.75, 3.05) is 28.2 Å². The number of nitrogens with one attached hydrogen (secondary N) is 2. The van der Waals surface area contributed by atoms with Crippen LogP contribution in [0.5, 0.6) is 5.75 Å². The van der Waals surface area contributed by atoms with Gasteiger partial charge in [-0.25, -0.2) is 12.8 Å². The first-order valence-corrected chi connectivity index (χ1v) is 15.2. The number of ether oxygens (including phenoxy) is 1. The van der Waals surface area contributed by atoms with Crippen molar-refractivity contribution in [3.8, 4) is 11.8 Å². The Balaban J connectivity index is 1.73. The summed E-state index contributed by atoms with van der Waals surface area (Å²) in [7, 11) is -0.149. The molecule has 0 saturated carbocycles. The SMILES string of the molecule is CCOc1cc2ncc(C#N)c(Nc3ccc(F)c(Cl)c3)c2cc1NS(=O)(=O)CCC1CCSS1. The molecule has 35 heavy (non-hydrogen) atoms. The molecule has 1 saturated heterocycles. The van der Waals surface area contributed by atoms with Crippen LogP contribution in [0.3, 0.4) is 0 Å². The van der Waals surface area contributed by atoms with Gasteiger partial charge in [0.15, 0.2) is 0 Å². The van der Waals surface area contributed by atoms with Crippen molar-refractivity contribution in [3.63, 3.8) is 0 Å². The lowest BCUT2D eigenvalue weighted by Crippen LogP contribution is -2.19. The Hall–Kier alpha value is -2.39. The lowest BCUT2D eigenvalue weighted by Gasteiger charge is -2.17. The van der Waals surface area contributed by atoms with Crippen molar-refractivity contribution in [2.45, 2.75) is 25.0 Å². The van der Waals surface area contributed by atoms with Crippen molar-refractivity contribution in [1.82, 2.24) is 4.98 Å². The first-order valence-electron chi connectivity index (χ1n) is 10.8. The quantitative estimate of drug-likeness (QED) is 0.297. The van der Waals surface area contributed by atoms with E-state index in [1.807, 2.05) is 0 Å². The van der Waals surface area contributed by atoms with E-state index in [0.29, 0.717) is 46.3 Å². The number of anilines is 3. The molecule has 1 fully saturated rings. The van der Waals surface area contributed by atoms with Crippen LogP contribution in [0.15, 0.2) is 36.5 Å². The third kappa shape index (κ3) is 6.25. The highest BCUT2D eigenvalue weighted by molar-refractivity contribution is 8.77. The molecule has 0 amide bonds. The zero-order valence-electron chi connectivity index (χ0n) is 18.7. The van der Waals surface area contributed by atoms with Gasteiger partial charge in [-0.3, -0.25) is 9.71 Å². The summed E-state index contributed by atoms with van der Waals surface area (Å²) < 4.78 is 47.8. The molecule has 1 aliphatic rings. The monoisotopic (exact) mass is 552 g/mol. The number of halogens is 2. The second-order valence-electron chi connectivity index (χ2n) is 7.75. The maximum atomic E-state index is 13.6. The van der Waals surface area contributed by atoms with Gasteiger partial charge in [-0.2, -0.15) is 5.26 Å². The van der Waals surface area contributed by atoms with Crippen LogP contribution in [-0.4, -0.2) is 36.8 Å². The summed E-state index contributed by atoms with van der Waals surface area (Å²) in [5.41, 5.74) is 1.83. The standard InChI is InChI=1S/C23H22ClFN4O3S3/c1-2-32-22-11-20-17(10-21(22)29-35(30,31)8-6-16-5-7-33-34-16)23(14(12-26)13-27-20)28-15-3-4-19(25)18(24)9-15/h3-4,9-11,13,16,29H,2,5-8H2,1H3,(H,27,28). The molecule has 1 aromatic heterocycles. The molecule has 3 aromatic rings. The normalized spacial score (nSPS) is 15.7. The van der Waals surface area contributed by atoms with E-state index in [0.717, 1.165) is 12.2 Å². The number of aromatic nitrogens is 1. The van der Waals surface area contributed by atoms with Crippen LogP contribution in [0.1, 0.15) is 25.3 Å². The van der Waals surface area contributed by atoms with E-state index in [4.69, 9.17) is 16.3 Å². The Labute approximate surface area is 216 Å². The van der Waals surface area contributed by atoms with E-state index in [1.54, 1.807) is 40.6 Å². The van der Waals surface area contributed by atoms with Crippen LogP contribution in [0.25, 0.3) is 10.9 Å². The minimum absolute atomic E-state index is 0.00942. The summed E-state index contributed by atoms with van der Waals surface area (Å²) in [6, 6.07) is 9.43. The molecular formula is C23H22ClFN4O3S3. The molecule has 7 nitrogen and oxygen atoms in total. The smallest absolute Gasteiger partial charge is 0.232 e. The maximum Gasteiger partial charge on any atom is 0.232 e. The fourth-order valence-electron chi connectivity index (χ4n) is 3.58. The van der Waals surface area contributed by atoms with Crippen LogP contribution >= 0.6 is 33.2 Å². The molecular weight excluding hydrogens is 531 g/mol. The van der Waals surface area contributed by atoms with E-state index in [-0.39, 0.29) is 22.0 Å². The Morgan fingerprint density at radius 1 is 1.34 bits per heavy atom. The van der Waals surface area contributed by atoms with Crippen molar-refractivity contribution in [3.05, 3.63) is 52.9 Å². The zero-order valence-corrected chi connectivity index (χ0v) is 21.9. The summed E-state index contributed by atoms with van der Waals surface area (Å²) in [4.78, 5) is 4.34. The molecule has 0 radical (unpaired) electrons. The molecule has 4 rings (SSSR count). The summed E-state index contributed by atoms with van der Waals surface area (Å²) in [6.07, 6.45) is 2.96. The lowest BCUT2D eigenvalue weighted by molar-refractivity contribution is 0.342. The van der Waals surface area contributed by atoms with E-state index >= 15 is 0 Å². The molecule has 1 aliphatic heterocycles. The molecule has 184 valence electrons. The van der Waals surface area contributed by atoms with Gasteiger partial charge in [0.25, 0.3) is 0 Å². The first-order chi connectivity index (χ1) is 16.8. The Bertz CT molecular complexity index is 1390. The highest BCUT2D eigenvalue weighted by Gasteiger charge is 2.22. The molecule has 0 bridgehead atoms. The van der Waals surface area contributed by atoms with Gasteiger partial charge >= 0.3 is 0 Å². The predicted molar refractivity (Wildman–Crippen MR) is 143 cm³/mol. The Morgan fingerprint density at radius 2 is 2.17 bits per heavy atom. The number of nitriles is 1. The van der Waals surface area contributed by atoms with Crippen molar-refractivity contribution >= 4 is 71.2 Å². The number of sulfonamides is 1. The van der Waals surface area contributed by atoms with Gasteiger partial charge < -0.3 is 10.1 Å². The maximum absolute atomic E-state index is 13.6. The van der Waals surface area contributed by atoms with E-state index in [9.17, 15) is 18.1 Å². The lowest BCUT2D eigenvalue weighted by atomic mass is 10.1. The second kappa shape index (κ2) is 11.1. The molecule has 1 atom stereocenters. The summed E-state index contributed by atoms with van der Waals surface area (Å²) in [6.45, 7) is 2.13. The van der Waals surface area contributed by atoms with Gasteiger partial charge in [0.2, 0.25) is 10.0 Å². The van der Waals surface area contributed by atoms with Crippen molar-refractivity contribution in [1.29, 1.82) is 5.26 Å². The van der Waals surface area contributed by atoms with Crippen LogP contribution in [0, 0.1) is 17.1 Å². The number of pyridine rings is 1. The average Bonchev–Trinajstić information content (AvgIpc) is 3.35. The second-order valence-corrected chi connectivity index (χ2v) is 12.8. The van der Waals surface area contributed by atoms with Gasteiger partial charge in [-0.05, 0) is 44.0 Å². The average molecular weight is 553 g/mol. The molecule has 1 unspecified atom stereocenters. The number of hydrogen-bond donors (Lipinski definition) is 2. The topological polar surface area (TPSA) is 104 Å². The van der Waals surface area contributed by atoms with Crippen LogP contribution < -0.4 is 14.8 Å². The van der Waals surface area contributed by atoms with Crippen LogP contribution in [0.2, 0.25) is 5.02 Å². The third-order valence-electron chi connectivity index (χ3n) is 5.28. The fraction of sp³-hybridized carbons (Fsp3) is 0.304. The predicted octanol–water partition coefficient (Wildman–Crippen LogP) is 6.33. The zero-order chi connectivity index (χ0) is 25.0. The fourth-order valence-corrected chi connectivity index (χ4v) is 8.08. The van der Waals surface area contributed by atoms with Crippen molar-refractivity contribution in [2.24, 2.45) is 0 Å². The highest BCUT2D eigenvalue weighted by Crippen LogP contribution is 2.40. The van der Waals surface area contributed by atoms with Crippen LogP contribution in [-0.2, 0) is 10.0 Å². The third-order valence-corrected chi connectivity index (χ3v) is 9.88. The van der Waals surface area contributed by atoms with E-state index in [2.05, 4.69) is 21.1 Å². The summed E-state index contributed by atoms with van der Waals surface area (Å²) in [5.74, 6) is 0.794. The van der Waals surface area contributed by atoms with Crippen molar-refractivity contribution < 1.29 is 17.5 Å². The first kappa shape index (κ1) is 25.7. The molecule has 2 N–H and O–H groups in total. The number of benzene rings is 2. The largest absolute Gasteiger partial charge is 0.492 e. The number of hydrogen-bond acceptors (Lipinski definition) is 8. The van der Waals surface area contributed by atoms with Crippen LogP contribution in [0.4, 0.5) is 21.5 Å². The minimum atomic E-state index is -3.65. The molecule has 12 heteroatoms. The summed E-state index contributed by atoms with van der Waals surface area (Å²) >= 11 is 5.91. The minimum Gasteiger partial charge on any atom is -0.492 e. The Morgan fingerprint density at radius 3 is 2.86 bits per heavy atom. The summed E-state index contributed by atoms with van der Waals surface area (Å²) in [5, 5.41) is 13.5. The molecule has 2 heterocycles. The number of nitrogens with zero attached hydrogens (tertiary/aromatic N) is 2. The van der Waals surface area contributed by atoms with Gasteiger partial charge in [-0.1, -0.05) is 33.2 Å². The number of fused-ring (bicyclic) bond motifs is 1. The highest BCUT2D eigenvalue weighted by atomic mass is 35.5. The van der Waals surface area contributed by atoms with Gasteiger partial charge in [-0.15, -0.1) is 0 Å². The van der Waals surface area contributed by atoms with Gasteiger partial charge in [0.05, 0.1) is 39.8 Å². The molecule has 0 spiro atoms. The van der Waals surface area contributed by atoms with Gasteiger partial charge in [0.1, 0.15) is 17.6 Å². The van der Waals surface area contributed by atoms with E-state index < -0.39 is 15.8 Å². The molecule has 2 aromatic carbocycles.